The molecule has 0 spiro atoms. The molecule has 21 heavy (non-hydrogen) atoms. The lowest BCUT2D eigenvalue weighted by Crippen LogP contribution is -2.15. The highest BCUT2D eigenvalue weighted by molar-refractivity contribution is 7.91. The number of sulfonamides is 1. The summed E-state index contributed by atoms with van der Waals surface area (Å²) < 4.78 is 27.1. The van der Waals surface area contributed by atoms with Gasteiger partial charge in [0.15, 0.2) is 0 Å². The Labute approximate surface area is 125 Å². The third-order valence-electron chi connectivity index (χ3n) is 3.68. The van der Waals surface area contributed by atoms with Crippen molar-refractivity contribution >= 4 is 21.4 Å². The third kappa shape index (κ3) is 3.19. The summed E-state index contributed by atoms with van der Waals surface area (Å²) in [5.41, 5.74) is 3.80. The van der Waals surface area contributed by atoms with Crippen LogP contribution in [0.2, 0.25) is 0 Å². The smallest absolute Gasteiger partial charge is 0.236 e. The van der Waals surface area contributed by atoms with Crippen LogP contribution in [0.1, 0.15) is 11.1 Å². The zero-order chi connectivity index (χ0) is 14.9. The average Bonchev–Trinajstić information content (AvgIpc) is 2.80. The van der Waals surface area contributed by atoms with E-state index in [9.17, 15) is 8.42 Å². The molecule has 2 aromatic carbocycles. The highest BCUT2D eigenvalue weighted by Crippen LogP contribution is 2.29. The van der Waals surface area contributed by atoms with Gasteiger partial charge >= 0.3 is 0 Å². The Bertz CT molecular complexity index is 742. The van der Waals surface area contributed by atoms with Gasteiger partial charge in [0.25, 0.3) is 0 Å². The molecule has 1 N–H and O–H groups in total. The molecular weight excluding hydrogens is 284 g/mol. The van der Waals surface area contributed by atoms with E-state index in [2.05, 4.69) is 9.62 Å². The first-order valence-corrected chi connectivity index (χ1v) is 8.57. The molecule has 0 bridgehead atoms. The third-order valence-corrected chi connectivity index (χ3v) is 4.94. The van der Waals surface area contributed by atoms with Crippen molar-refractivity contribution in [3.8, 4) is 0 Å². The van der Waals surface area contributed by atoms with E-state index in [0.717, 1.165) is 18.5 Å². The summed E-state index contributed by atoms with van der Waals surface area (Å²) in [6.45, 7) is 0.982. The maximum absolute atomic E-state index is 12.2. The number of benzene rings is 2. The molecular formula is C16H18N2O2S. The van der Waals surface area contributed by atoms with Crippen molar-refractivity contribution in [2.75, 3.05) is 23.2 Å². The van der Waals surface area contributed by atoms with Gasteiger partial charge in [-0.3, -0.25) is 4.72 Å². The van der Waals surface area contributed by atoms with Crippen molar-refractivity contribution in [1.29, 1.82) is 0 Å². The van der Waals surface area contributed by atoms with Crippen molar-refractivity contribution in [3.05, 3.63) is 59.7 Å². The van der Waals surface area contributed by atoms with Gasteiger partial charge in [0.1, 0.15) is 0 Å². The normalized spacial score (nSPS) is 14.0. The van der Waals surface area contributed by atoms with Gasteiger partial charge in [-0.15, -0.1) is 0 Å². The Morgan fingerprint density at radius 1 is 1.14 bits per heavy atom. The van der Waals surface area contributed by atoms with Gasteiger partial charge in [-0.1, -0.05) is 30.3 Å². The molecule has 0 amide bonds. The molecule has 1 aliphatic heterocycles. The molecule has 0 saturated carbocycles. The van der Waals surface area contributed by atoms with Crippen molar-refractivity contribution in [1.82, 2.24) is 0 Å². The quantitative estimate of drug-likeness (QED) is 0.944. The van der Waals surface area contributed by atoms with E-state index in [-0.39, 0.29) is 5.75 Å². The number of nitrogens with one attached hydrogen (secondary N) is 1. The van der Waals surface area contributed by atoms with Crippen molar-refractivity contribution in [3.63, 3.8) is 0 Å². The Balaban J connectivity index is 1.77. The molecule has 0 fully saturated rings. The number of hydrogen-bond donors (Lipinski definition) is 1. The predicted octanol–water partition coefficient (Wildman–Crippen LogP) is 2.62. The summed E-state index contributed by atoms with van der Waals surface area (Å²) >= 11 is 0. The van der Waals surface area contributed by atoms with Crippen LogP contribution < -0.4 is 9.62 Å². The van der Waals surface area contributed by atoms with Gasteiger partial charge in [-0.2, -0.15) is 0 Å². The highest BCUT2D eigenvalue weighted by atomic mass is 32.2. The second-order valence-corrected chi connectivity index (χ2v) is 7.08. The minimum Gasteiger partial charge on any atom is -0.374 e. The van der Waals surface area contributed by atoms with E-state index in [1.165, 1.54) is 11.3 Å². The van der Waals surface area contributed by atoms with Crippen LogP contribution in [-0.4, -0.2) is 22.0 Å². The van der Waals surface area contributed by atoms with Gasteiger partial charge in [0, 0.05) is 25.0 Å². The standard InChI is InChI=1S/C16H18N2O2S/c1-18-10-9-14-11-15(7-8-16(14)18)17-21(19,20)12-13-5-3-2-4-6-13/h2-8,11,17H,9-10,12H2,1H3. The topological polar surface area (TPSA) is 49.4 Å². The second kappa shape index (κ2) is 5.41. The van der Waals surface area contributed by atoms with Crippen LogP contribution in [0.5, 0.6) is 0 Å². The summed E-state index contributed by atoms with van der Waals surface area (Å²) in [5, 5.41) is 0. The maximum Gasteiger partial charge on any atom is 0.236 e. The summed E-state index contributed by atoms with van der Waals surface area (Å²) in [4.78, 5) is 2.18. The van der Waals surface area contributed by atoms with Crippen molar-refractivity contribution in [2.24, 2.45) is 0 Å². The average molecular weight is 302 g/mol. The van der Waals surface area contributed by atoms with Crippen LogP contribution in [0, 0.1) is 0 Å². The van der Waals surface area contributed by atoms with E-state index < -0.39 is 10.0 Å². The number of hydrogen-bond acceptors (Lipinski definition) is 3. The first-order chi connectivity index (χ1) is 10.0. The number of rotatable bonds is 4. The Morgan fingerprint density at radius 3 is 2.67 bits per heavy atom. The van der Waals surface area contributed by atoms with E-state index in [0.29, 0.717) is 5.69 Å². The Morgan fingerprint density at radius 2 is 1.90 bits per heavy atom. The summed E-state index contributed by atoms with van der Waals surface area (Å²) in [5.74, 6) is -0.00910. The fraction of sp³-hybridized carbons (Fsp3) is 0.250. The molecule has 0 aromatic heterocycles. The van der Waals surface area contributed by atoms with E-state index in [1.807, 2.05) is 55.6 Å². The van der Waals surface area contributed by atoms with E-state index in [1.54, 1.807) is 0 Å². The lowest BCUT2D eigenvalue weighted by Gasteiger charge is -2.13. The van der Waals surface area contributed by atoms with Crippen LogP contribution in [0.15, 0.2) is 48.5 Å². The lowest BCUT2D eigenvalue weighted by atomic mass is 10.1. The van der Waals surface area contributed by atoms with E-state index >= 15 is 0 Å². The zero-order valence-corrected chi connectivity index (χ0v) is 12.7. The summed E-state index contributed by atoms with van der Waals surface area (Å²) in [6.07, 6.45) is 0.958. The lowest BCUT2D eigenvalue weighted by molar-refractivity contribution is 0.600. The van der Waals surface area contributed by atoms with Crippen molar-refractivity contribution < 1.29 is 8.42 Å². The number of likely N-dealkylation sites (N-methyl/N-ethyl adjacent to an activating group) is 1. The molecule has 5 heteroatoms. The van der Waals surface area contributed by atoms with Gasteiger partial charge in [0.05, 0.1) is 5.75 Å². The van der Waals surface area contributed by atoms with Gasteiger partial charge in [-0.05, 0) is 35.7 Å². The largest absolute Gasteiger partial charge is 0.374 e. The van der Waals surface area contributed by atoms with Crippen molar-refractivity contribution in [2.45, 2.75) is 12.2 Å². The minimum absolute atomic E-state index is 0.00910. The number of anilines is 2. The monoisotopic (exact) mass is 302 g/mol. The van der Waals surface area contributed by atoms with Crippen LogP contribution in [0.3, 0.4) is 0 Å². The fourth-order valence-electron chi connectivity index (χ4n) is 2.64. The SMILES string of the molecule is CN1CCc2cc(NS(=O)(=O)Cc3ccccc3)ccc21. The van der Waals surface area contributed by atoms with Gasteiger partial charge in [0.2, 0.25) is 10.0 Å². The molecule has 0 radical (unpaired) electrons. The van der Waals surface area contributed by atoms with Crippen LogP contribution >= 0.6 is 0 Å². The van der Waals surface area contributed by atoms with Crippen LogP contribution in [0.25, 0.3) is 0 Å². The molecule has 0 unspecified atom stereocenters. The van der Waals surface area contributed by atoms with Gasteiger partial charge < -0.3 is 4.90 Å². The number of fused-ring (bicyclic) bond motifs is 1. The van der Waals surface area contributed by atoms with Gasteiger partial charge in [-0.25, -0.2) is 8.42 Å². The predicted molar refractivity (Wildman–Crippen MR) is 86.1 cm³/mol. The second-order valence-electron chi connectivity index (χ2n) is 5.36. The first-order valence-electron chi connectivity index (χ1n) is 6.92. The number of nitrogens with zero attached hydrogens (tertiary/aromatic N) is 1. The maximum atomic E-state index is 12.2. The molecule has 4 nitrogen and oxygen atoms in total. The molecule has 0 atom stereocenters. The molecule has 0 saturated heterocycles. The summed E-state index contributed by atoms with van der Waals surface area (Å²) in [6, 6.07) is 14.9. The van der Waals surface area contributed by atoms with Crippen LogP contribution in [0.4, 0.5) is 11.4 Å². The molecule has 110 valence electrons. The Hall–Kier alpha value is -2.01. The highest BCUT2D eigenvalue weighted by Gasteiger charge is 2.17. The van der Waals surface area contributed by atoms with E-state index in [4.69, 9.17) is 0 Å². The zero-order valence-electron chi connectivity index (χ0n) is 11.9. The Kier molecular flexibility index (Phi) is 3.59. The molecule has 1 heterocycles. The molecule has 0 aliphatic carbocycles. The van der Waals surface area contributed by atoms with Crippen LogP contribution in [-0.2, 0) is 22.2 Å². The minimum atomic E-state index is -3.38. The molecule has 2 aromatic rings. The molecule has 3 rings (SSSR count). The summed E-state index contributed by atoms with van der Waals surface area (Å²) in [7, 11) is -1.34. The fourth-order valence-corrected chi connectivity index (χ4v) is 3.83. The first kappa shape index (κ1) is 13.9. The molecule has 1 aliphatic rings.